The highest BCUT2D eigenvalue weighted by Crippen LogP contribution is 2.48. The lowest BCUT2D eigenvalue weighted by atomic mass is 9.85. The molecule has 0 unspecified atom stereocenters. The van der Waals surface area contributed by atoms with E-state index in [9.17, 15) is 0 Å². The lowest BCUT2D eigenvalue weighted by Crippen LogP contribution is -1.91. The van der Waals surface area contributed by atoms with Gasteiger partial charge in [0, 0.05) is 55.3 Å². The lowest BCUT2D eigenvalue weighted by molar-refractivity contribution is 0.613. The molecule has 0 spiro atoms. The first kappa shape index (κ1) is 22.8. The smallest absolute Gasteiger partial charge is 0.143 e. The van der Waals surface area contributed by atoms with Crippen LogP contribution in [0.25, 0.3) is 98.6 Å². The van der Waals surface area contributed by atoms with Crippen LogP contribution < -0.4 is 0 Å². The fourth-order valence-corrected chi connectivity index (χ4v) is 7.10. The summed E-state index contributed by atoms with van der Waals surface area (Å²) in [6, 6.07) is 44.8. The number of para-hydroxylation sites is 3. The quantitative estimate of drug-likeness (QED) is 0.201. The Kier molecular flexibility index (Phi) is 4.45. The Morgan fingerprint density at radius 2 is 0.860 bits per heavy atom. The van der Waals surface area contributed by atoms with Crippen LogP contribution in [0, 0.1) is 0 Å². The predicted octanol–water partition coefficient (Wildman–Crippen LogP) is 11.9. The van der Waals surface area contributed by atoms with Gasteiger partial charge in [0.1, 0.15) is 27.9 Å². The minimum atomic E-state index is 0.826. The second-order valence-electron chi connectivity index (χ2n) is 11.2. The topological polar surface area (TPSA) is 39.4 Å². The van der Waals surface area contributed by atoms with Crippen molar-refractivity contribution in [1.29, 1.82) is 0 Å². The Balaban J connectivity index is 1.35. The van der Waals surface area contributed by atoms with Gasteiger partial charge < -0.3 is 13.3 Å². The third kappa shape index (κ3) is 3.08. The van der Waals surface area contributed by atoms with Crippen molar-refractivity contribution < 1.29 is 13.3 Å². The molecule has 0 atom stereocenters. The molecule has 0 saturated heterocycles. The molecule has 7 aromatic carbocycles. The highest BCUT2D eigenvalue weighted by atomic mass is 16.3. The van der Waals surface area contributed by atoms with E-state index in [1.807, 2.05) is 24.3 Å². The molecule has 0 N–H and O–H groups in total. The van der Waals surface area contributed by atoms with Crippen LogP contribution in [0.4, 0.5) is 0 Å². The minimum absolute atomic E-state index is 0.826. The molecule has 0 aliphatic carbocycles. The van der Waals surface area contributed by atoms with E-state index in [1.54, 1.807) is 6.26 Å². The average Bonchev–Trinajstić information content (AvgIpc) is 3.77. The van der Waals surface area contributed by atoms with E-state index >= 15 is 0 Å². The fraction of sp³-hybridized carbons (Fsp3) is 0. The molecule has 0 aliphatic heterocycles. The number of hydrogen-bond acceptors (Lipinski definition) is 3. The van der Waals surface area contributed by atoms with Crippen molar-refractivity contribution in [2.24, 2.45) is 0 Å². The standard InChI is InChI=1S/C40H22O3/c1-3-12-27-25(10-1)37(31-16-7-14-29-24-9-5-6-18-34(24)42-39(29)31)26-11-2-4-13-28(26)38(27)32-17-8-15-30-33-21-23-19-20-41-35(23)22-36(33)43-40(30)32/h1-22H. The Labute approximate surface area is 245 Å². The Morgan fingerprint density at radius 1 is 0.349 bits per heavy atom. The van der Waals surface area contributed by atoms with Crippen molar-refractivity contribution >= 4 is 76.4 Å². The van der Waals surface area contributed by atoms with Gasteiger partial charge in [-0.2, -0.15) is 0 Å². The summed E-state index contributed by atoms with van der Waals surface area (Å²) >= 11 is 0. The molecule has 0 radical (unpaired) electrons. The third-order valence-corrected chi connectivity index (χ3v) is 8.95. The molecule has 43 heavy (non-hydrogen) atoms. The van der Waals surface area contributed by atoms with Crippen LogP contribution in [0.15, 0.2) is 147 Å². The summed E-state index contributed by atoms with van der Waals surface area (Å²) in [4.78, 5) is 0. The van der Waals surface area contributed by atoms with Gasteiger partial charge in [0.2, 0.25) is 0 Å². The summed E-state index contributed by atoms with van der Waals surface area (Å²) in [5.41, 5.74) is 8.86. The van der Waals surface area contributed by atoms with E-state index in [4.69, 9.17) is 13.3 Å². The molecule has 0 bridgehead atoms. The lowest BCUT2D eigenvalue weighted by Gasteiger charge is -2.18. The van der Waals surface area contributed by atoms with Gasteiger partial charge in [-0.05, 0) is 39.7 Å². The van der Waals surface area contributed by atoms with Crippen molar-refractivity contribution in [3.05, 3.63) is 134 Å². The van der Waals surface area contributed by atoms with Crippen LogP contribution in [0.1, 0.15) is 0 Å². The van der Waals surface area contributed by atoms with Crippen molar-refractivity contribution in [2.45, 2.75) is 0 Å². The number of fused-ring (bicyclic) bond motifs is 9. The number of hydrogen-bond donors (Lipinski definition) is 0. The van der Waals surface area contributed by atoms with Crippen LogP contribution in [-0.2, 0) is 0 Å². The van der Waals surface area contributed by atoms with Crippen LogP contribution in [0.2, 0.25) is 0 Å². The minimum Gasteiger partial charge on any atom is -0.464 e. The molecular weight excluding hydrogens is 528 g/mol. The summed E-state index contributed by atoms with van der Waals surface area (Å²) < 4.78 is 18.9. The van der Waals surface area contributed by atoms with Gasteiger partial charge in [0.15, 0.2) is 0 Å². The van der Waals surface area contributed by atoms with E-state index in [0.717, 1.165) is 66.0 Å². The van der Waals surface area contributed by atoms with Crippen molar-refractivity contribution in [3.63, 3.8) is 0 Å². The second kappa shape index (κ2) is 8.37. The summed E-state index contributed by atoms with van der Waals surface area (Å²) in [6.07, 6.45) is 1.73. The van der Waals surface area contributed by atoms with Crippen LogP contribution >= 0.6 is 0 Å². The van der Waals surface area contributed by atoms with Gasteiger partial charge in [0.05, 0.1) is 6.26 Å². The monoisotopic (exact) mass is 550 g/mol. The Bertz CT molecular complexity index is 2680. The van der Waals surface area contributed by atoms with Crippen molar-refractivity contribution in [2.75, 3.05) is 0 Å². The third-order valence-electron chi connectivity index (χ3n) is 8.95. The summed E-state index contributed by atoms with van der Waals surface area (Å²) in [6.45, 7) is 0. The molecule has 0 amide bonds. The number of rotatable bonds is 2. The zero-order valence-corrected chi connectivity index (χ0v) is 22.9. The SMILES string of the molecule is c1ccc2c(c1)oc1c(-c3c4ccccc4c(-c4cccc5c4oc4cc6occc6cc45)c4ccccc34)cccc12. The van der Waals surface area contributed by atoms with E-state index in [0.29, 0.717) is 0 Å². The highest BCUT2D eigenvalue weighted by molar-refractivity contribution is 6.26. The van der Waals surface area contributed by atoms with E-state index in [2.05, 4.69) is 103 Å². The Morgan fingerprint density at radius 3 is 1.49 bits per heavy atom. The molecular formula is C40H22O3. The number of furan rings is 3. The first-order valence-electron chi connectivity index (χ1n) is 14.5. The van der Waals surface area contributed by atoms with Gasteiger partial charge >= 0.3 is 0 Å². The summed E-state index contributed by atoms with van der Waals surface area (Å²) in [5.74, 6) is 0. The van der Waals surface area contributed by atoms with Gasteiger partial charge in [-0.25, -0.2) is 0 Å². The molecule has 10 rings (SSSR count). The van der Waals surface area contributed by atoms with Gasteiger partial charge in [-0.15, -0.1) is 0 Å². The largest absolute Gasteiger partial charge is 0.464 e. The first-order chi connectivity index (χ1) is 21.3. The first-order valence-corrected chi connectivity index (χ1v) is 14.5. The van der Waals surface area contributed by atoms with Crippen LogP contribution in [-0.4, -0.2) is 0 Å². The van der Waals surface area contributed by atoms with Crippen LogP contribution in [0.3, 0.4) is 0 Å². The molecule has 0 fully saturated rings. The molecule has 0 aliphatic rings. The summed E-state index contributed by atoms with van der Waals surface area (Å²) in [7, 11) is 0. The van der Waals surface area contributed by atoms with E-state index in [-0.39, 0.29) is 0 Å². The zero-order chi connectivity index (χ0) is 28.1. The zero-order valence-electron chi connectivity index (χ0n) is 22.9. The van der Waals surface area contributed by atoms with Gasteiger partial charge in [-0.1, -0.05) is 103 Å². The number of benzene rings is 7. The molecule has 3 nitrogen and oxygen atoms in total. The second-order valence-corrected chi connectivity index (χ2v) is 11.2. The fourth-order valence-electron chi connectivity index (χ4n) is 7.10. The molecule has 200 valence electrons. The molecule has 3 aromatic heterocycles. The highest BCUT2D eigenvalue weighted by Gasteiger charge is 2.22. The maximum atomic E-state index is 6.64. The maximum absolute atomic E-state index is 6.64. The summed E-state index contributed by atoms with van der Waals surface area (Å²) in [5, 5.41) is 10.2. The molecule has 0 saturated carbocycles. The molecule has 3 heteroatoms. The van der Waals surface area contributed by atoms with Gasteiger partial charge in [0.25, 0.3) is 0 Å². The maximum Gasteiger partial charge on any atom is 0.143 e. The van der Waals surface area contributed by atoms with Crippen LogP contribution in [0.5, 0.6) is 0 Å². The average molecular weight is 551 g/mol. The molecule has 3 heterocycles. The van der Waals surface area contributed by atoms with E-state index < -0.39 is 0 Å². The predicted molar refractivity (Wildman–Crippen MR) is 177 cm³/mol. The Hall–Kier alpha value is -5.80. The van der Waals surface area contributed by atoms with Gasteiger partial charge in [-0.3, -0.25) is 0 Å². The molecule has 10 aromatic rings. The van der Waals surface area contributed by atoms with E-state index in [1.165, 1.54) is 32.7 Å². The normalized spacial score (nSPS) is 12.2. The van der Waals surface area contributed by atoms with Crippen molar-refractivity contribution in [1.82, 2.24) is 0 Å². The van der Waals surface area contributed by atoms with Crippen molar-refractivity contribution in [3.8, 4) is 22.3 Å².